The van der Waals surface area contributed by atoms with Gasteiger partial charge in [-0.3, -0.25) is 0 Å². The summed E-state index contributed by atoms with van der Waals surface area (Å²) in [5, 5.41) is 7.16. The van der Waals surface area contributed by atoms with Crippen LogP contribution in [0.1, 0.15) is 31.4 Å². The second-order valence-electron chi connectivity index (χ2n) is 6.96. The smallest absolute Gasteiger partial charge is 0.171 e. The normalized spacial score (nSPS) is 16.7. The van der Waals surface area contributed by atoms with E-state index < -0.39 is 0 Å². The number of fused-ring (bicyclic) bond motifs is 1. The van der Waals surface area contributed by atoms with Crippen molar-refractivity contribution in [1.82, 2.24) is 5.32 Å². The molecule has 2 aliphatic heterocycles. The van der Waals surface area contributed by atoms with Crippen molar-refractivity contribution in [2.45, 2.75) is 25.8 Å². The molecule has 0 aliphatic carbocycles. The highest BCUT2D eigenvalue weighted by atomic mass is 32.1. The largest absolute Gasteiger partial charge is 0.486 e. The molecule has 0 radical (unpaired) electrons. The average Bonchev–Trinajstić information content (AvgIpc) is 3.23. The van der Waals surface area contributed by atoms with Crippen molar-refractivity contribution in [2.24, 2.45) is 0 Å². The molecule has 1 atom stereocenters. The molecule has 0 spiro atoms. The van der Waals surface area contributed by atoms with E-state index >= 15 is 0 Å². The van der Waals surface area contributed by atoms with Crippen molar-refractivity contribution in [1.29, 1.82) is 0 Å². The zero-order valence-corrected chi connectivity index (χ0v) is 16.3. The van der Waals surface area contributed by atoms with Gasteiger partial charge in [-0.1, -0.05) is 12.1 Å². The number of ether oxygens (including phenoxy) is 2. The maximum absolute atomic E-state index is 5.62. The summed E-state index contributed by atoms with van der Waals surface area (Å²) in [6.07, 6.45) is 2.58. The first-order valence-corrected chi connectivity index (χ1v) is 9.92. The second-order valence-corrected chi connectivity index (χ2v) is 7.37. The van der Waals surface area contributed by atoms with Crippen LogP contribution in [0.5, 0.6) is 11.5 Å². The van der Waals surface area contributed by atoms with E-state index in [0.29, 0.717) is 18.3 Å². The predicted molar refractivity (Wildman–Crippen MR) is 113 cm³/mol. The minimum absolute atomic E-state index is 0.120. The van der Waals surface area contributed by atoms with Crippen molar-refractivity contribution in [3.63, 3.8) is 0 Å². The van der Waals surface area contributed by atoms with Crippen LogP contribution in [0.4, 0.5) is 11.4 Å². The molecule has 2 aliphatic rings. The lowest BCUT2D eigenvalue weighted by Crippen LogP contribution is -2.31. The van der Waals surface area contributed by atoms with Gasteiger partial charge in [-0.2, -0.15) is 0 Å². The molecule has 27 heavy (non-hydrogen) atoms. The summed E-state index contributed by atoms with van der Waals surface area (Å²) in [7, 11) is 0. The summed E-state index contributed by atoms with van der Waals surface area (Å²) in [6, 6.07) is 14.6. The Balaban J connectivity index is 1.34. The fourth-order valence-corrected chi connectivity index (χ4v) is 3.81. The van der Waals surface area contributed by atoms with E-state index in [-0.39, 0.29) is 6.04 Å². The SMILES string of the molecule is C[C@@H](NC(=S)Nc1ccc2c(c1)OCCO2)c1ccc(N2CCCC2)cc1. The summed E-state index contributed by atoms with van der Waals surface area (Å²) in [5.74, 6) is 1.52. The standard InChI is InChI=1S/C21H25N3O2S/c1-15(16-4-7-18(8-5-16)24-10-2-3-11-24)22-21(27)23-17-6-9-19-20(14-17)26-13-12-25-19/h4-9,14-15H,2-3,10-13H2,1H3,(H2,22,23,27)/t15-/m1/s1. The minimum Gasteiger partial charge on any atom is -0.486 e. The molecule has 6 heteroatoms. The third-order valence-corrected chi connectivity index (χ3v) is 5.23. The quantitative estimate of drug-likeness (QED) is 0.775. The lowest BCUT2D eigenvalue weighted by Gasteiger charge is -2.21. The highest BCUT2D eigenvalue weighted by molar-refractivity contribution is 7.80. The summed E-state index contributed by atoms with van der Waals surface area (Å²) in [5.41, 5.74) is 3.40. The number of benzene rings is 2. The molecule has 0 aromatic heterocycles. The third-order valence-electron chi connectivity index (χ3n) is 5.01. The van der Waals surface area contributed by atoms with E-state index in [1.165, 1.54) is 24.1 Å². The van der Waals surface area contributed by atoms with E-state index in [1.807, 2.05) is 18.2 Å². The number of hydrogen-bond donors (Lipinski definition) is 2. The fourth-order valence-electron chi connectivity index (χ4n) is 3.52. The van der Waals surface area contributed by atoms with Gasteiger partial charge in [0.2, 0.25) is 0 Å². The Morgan fingerprint density at radius 1 is 1.00 bits per heavy atom. The molecule has 0 amide bonds. The molecular formula is C21H25N3O2S. The van der Waals surface area contributed by atoms with E-state index in [2.05, 4.69) is 46.7 Å². The zero-order valence-electron chi connectivity index (χ0n) is 15.5. The molecule has 142 valence electrons. The molecule has 5 nitrogen and oxygen atoms in total. The summed E-state index contributed by atoms with van der Waals surface area (Å²) < 4.78 is 11.2. The highest BCUT2D eigenvalue weighted by Gasteiger charge is 2.14. The van der Waals surface area contributed by atoms with Crippen molar-refractivity contribution < 1.29 is 9.47 Å². The van der Waals surface area contributed by atoms with E-state index in [0.717, 1.165) is 30.3 Å². The summed E-state index contributed by atoms with van der Waals surface area (Å²) >= 11 is 5.48. The van der Waals surface area contributed by atoms with Gasteiger partial charge in [0.25, 0.3) is 0 Å². The van der Waals surface area contributed by atoms with E-state index in [9.17, 15) is 0 Å². The Hall–Kier alpha value is -2.47. The van der Waals surface area contributed by atoms with Crippen molar-refractivity contribution in [3.05, 3.63) is 48.0 Å². The molecule has 4 rings (SSSR count). The van der Waals surface area contributed by atoms with Crippen LogP contribution in [0.25, 0.3) is 0 Å². The lowest BCUT2D eigenvalue weighted by molar-refractivity contribution is 0.171. The van der Waals surface area contributed by atoms with Crippen molar-refractivity contribution >= 4 is 28.7 Å². The first-order chi connectivity index (χ1) is 13.2. The van der Waals surface area contributed by atoms with Gasteiger partial charge in [0.05, 0.1) is 6.04 Å². The van der Waals surface area contributed by atoms with Crippen LogP contribution in [0.15, 0.2) is 42.5 Å². The first-order valence-electron chi connectivity index (χ1n) is 9.51. The molecular weight excluding hydrogens is 358 g/mol. The minimum atomic E-state index is 0.120. The van der Waals surface area contributed by atoms with Crippen LogP contribution in [-0.2, 0) is 0 Å². The first kappa shape index (κ1) is 17.9. The Morgan fingerprint density at radius 3 is 2.44 bits per heavy atom. The van der Waals surface area contributed by atoms with Gasteiger partial charge in [-0.05, 0) is 61.8 Å². The molecule has 2 heterocycles. The van der Waals surface area contributed by atoms with Gasteiger partial charge >= 0.3 is 0 Å². The maximum atomic E-state index is 5.62. The monoisotopic (exact) mass is 383 g/mol. The average molecular weight is 384 g/mol. The molecule has 0 saturated carbocycles. The lowest BCUT2D eigenvalue weighted by atomic mass is 10.1. The van der Waals surface area contributed by atoms with Crippen molar-refractivity contribution in [2.75, 3.05) is 36.5 Å². The van der Waals surface area contributed by atoms with Crippen molar-refractivity contribution in [3.8, 4) is 11.5 Å². The molecule has 0 bridgehead atoms. The van der Waals surface area contributed by atoms with E-state index in [4.69, 9.17) is 21.7 Å². The number of rotatable bonds is 4. The van der Waals surface area contributed by atoms with Gasteiger partial charge in [-0.15, -0.1) is 0 Å². The number of nitrogens with one attached hydrogen (secondary N) is 2. The number of hydrogen-bond acceptors (Lipinski definition) is 4. The number of nitrogens with zero attached hydrogens (tertiary/aromatic N) is 1. The Labute approximate surface area is 165 Å². The van der Waals surface area contributed by atoms with Crippen LogP contribution < -0.4 is 25.0 Å². The van der Waals surface area contributed by atoms with Crippen LogP contribution in [0, 0.1) is 0 Å². The molecule has 1 fully saturated rings. The molecule has 2 aromatic rings. The molecule has 2 N–H and O–H groups in total. The molecule has 2 aromatic carbocycles. The number of anilines is 2. The summed E-state index contributed by atoms with van der Waals surface area (Å²) in [6.45, 7) is 5.60. The Morgan fingerprint density at radius 2 is 1.70 bits per heavy atom. The van der Waals surface area contributed by atoms with Gasteiger partial charge < -0.3 is 25.0 Å². The van der Waals surface area contributed by atoms with Gasteiger partial charge in [0.1, 0.15) is 13.2 Å². The van der Waals surface area contributed by atoms with Crippen LogP contribution in [-0.4, -0.2) is 31.4 Å². The third kappa shape index (κ3) is 4.27. The molecule has 0 unspecified atom stereocenters. The zero-order chi connectivity index (χ0) is 18.6. The summed E-state index contributed by atoms with van der Waals surface area (Å²) in [4.78, 5) is 2.44. The Bertz CT molecular complexity index is 804. The van der Waals surface area contributed by atoms with Gasteiger partial charge in [0, 0.05) is 30.5 Å². The second kappa shape index (κ2) is 8.05. The topological polar surface area (TPSA) is 45.8 Å². The Kier molecular flexibility index (Phi) is 5.34. The predicted octanol–water partition coefficient (Wildman–Crippen LogP) is 4.11. The number of thiocarbonyl (C=S) groups is 1. The van der Waals surface area contributed by atoms with E-state index in [1.54, 1.807) is 0 Å². The maximum Gasteiger partial charge on any atom is 0.171 e. The highest BCUT2D eigenvalue weighted by Crippen LogP contribution is 2.32. The molecule has 1 saturated heterocycles. The van der Waals surface area contributed by atoms with Crippen LogP contribution in [0.3, 0.4) is 0 Å². The van der Waals surface area contributed by atoms with Crippen LogP contribution >= 0.6 is 12.2 Å². The fraction of sp³-hybridized carbons (Fsp3) is 0.381. The van der Waals surface area contributed by atoms with Gasteiger partial charge in [-0.25, -0.2) is 0 Å². The van der Waals surface area contributed by atoms with Crippen LogP contribution in [0.2, 0.25) is 0 Å². The van der Waals surface area contributed by atoms with Gasteiger partial charge in [0.15, 0.2) is 16.6 Å².